The van der Waals surface area contributed by atoms with Crippen molar-refractivity contribution in [1.82, 2.24) is 10.00 Å². The van der Waals surface area contributed by atoms with E-state index in [0.717, 1.165) is 27.5 Å². The molecule has 11 heteroatoms. The average Bonchev–Trinajstić information content (AvgIpc) is 2.84. The van der Waals surface area contributed by atoms with Gasteiger partial charge in [-0.2, -0.15) is 13.2 Å². The van der Waals surface area contributed by atoms with E-state index in [1.165, 1.54) is 30.3 Å². The number of nitrogens with one attached hydrogen (secondary N) is 2. The second kappa shape index (κ2) is 9.56. The number of hydrogen-bond acceptors (Lipinski definition) is 3. The molecule has 0 radical (unpaired) electrons. The zero-order valence-corrected chi connectivity index (χ0v) is 19.5. The molecule has 36 heavy (non-hydrogen) atoms. The summed E-state index contributed by atoms with van der Waals surface area (Å²) in [7, 11) is 0. The molecule has 2 aromatic carbocycles. The number of benzene rings is 2. The van der Waals surface area contributed by atoms with Gasteiger partial charge >= 0.3 is 11.7 Å². The van der Waals surface area contributed by atoms with E-state index < -0.39 is 35.9 Å². The van der Waals surface area contributed by atoms with Crippen LogP contribution < -0.4 is 15.6 Å². The number of aromatic nitrogens is 2. The van der Waals surface area contributed by atoms with Gasteiger partial charge in [-0.25, -0.2) is 4.39 Å². The van der Waals surface area contributed by atoms with Gasteiger partial charge in [-0.15, -0.1) is 10.2 Å². The molecule has 0 unspecified atom stereocenters. The number of carbonyl (C=O) groups is 2. The molecule has 2 heterocycles. The number of halogens is 4. The predicted molar refractivity (Wildman–Crippen MR) is 122 cm³/mol. The van der Waals surface area contributed by atoms with Crippen LogP contribution in [-0.4, -0.2) is 41.4 Å². The first-order chi connectivity index (χ1) is 17.0. The second-order valence-corrected chi connectivity index (χ2v) is 8.59. The Morgan fingerprint density at radius 3 is 2.47 bits per heavy atom. The van der Waals surface area contributed by atoms with Gasteiger partial charge in [0.15, 0.2) is 0 Å². The fraction of sp³-hybridized carbons (Fsp3) is 0.280. The molecule has 0 bridgehead atoms. The molecule has 1 aliphatic rings. The van der Waals surface area contributed by atoms with E-state index in [4.69, 9.17) is 0 Å². The van der Waals surface area contributed by atoms with Crippen molar-refractivity contribution in [3.8, 4) is 0 Å². The van der Waals surface area contributed by atoms with Gasteiger partial charge in [0.05, 0.1) is 23.2 Å². The van der Waals surface area contributed by atoms with Gasteiger partial charge in [0.25, 0.3) is 5.91 Å². The maximum absolute atomic E-state index is 14.6. The number of para-hydroxylation sites is 1. The fourth-order valence-corrected chi connectivity index (χ4v) is 4.16. The minimum atomic E-state index is -4.65. The van der Waals surface area contributed by atoms with E-state index in [9.17, 15) is 31.9 Å². The number of H-pyrrole nitrogens is 2. The van der Waals surface area contributed by atoms with Crippen molar-refractivity contribution >= 4 is 17.5 Å². The summed E-state index contributed by atoms with van der Waals surface area (Å²) in [5.74, 6) is -2.21. The monoisotopic (exact) mass is 503 g/mol. The van der Waals surface area contributed by atoms with Crippen molar-refractivity contribution in [1.29, 1.82) is 0 Å². The average molecular weight is 503 g/mol. The molecule has 3 aromatic rings. The van der Waals surface area contributed by atoms with Gasteiger partial charge in [0.1, 0.15) is 12.4 Å². The zero-order chi connectivity index (χ0) is 26.2. The van der Waals surface area contributed by atoms with Gasteiger partial charge < -0.3 is 9.80 Å². The van der Waals surface area contributed by atoms with Crippen LogP contribution in [-0.2, 0) is 17.4 Å². The number of piperazine rings is 1. The van der Waals surface area contributed by atoms with Crippen molar-refractivity contribution < 1.29 is 32.2 Å². The minimum Gasteiger partial charge on any atom is -0.327 e. The molecule has 0 saturated carbocycles. The van der Waals surface area contributed by atoms with E-state index in [1.54, 1.807) is 13.8 Å². The molecule has 1 aromatic heterocycles. The van der Waals surface area contributed by atoms with E-state index in [2.05, 4.69) is 10.2 Å². The lowest BCUT2D eigenvalue weighted by Crippen LogP contribution is -2.53. The van der Waals surface area contributed by atoms with Gasteiger partial charge in [-0.05, 0) is 43.7 Å². The highest BCUT2D eigenvalue weighted by molar-refractivity contribution is 6.02. The summed E-state index contributed by atoms with van der Waals surface area (Å²) in [4.78, 5) is 39.7. The second-order valence-electron chi connectivity index (χ2n) is 8.59. The molecule has 1 saturated heterocycles. The molecule has 0 spiro atoms. The minimum absolute atomic E-state index is 0.0631. The quantitative estimate of drug-likeness (QED) is 0.556. The Labute approximate surface area is 203 Å². The SMILES string of the molecule is Cc1c(Cc2ccc(F)c(C(=O)N3CCN(c4ccccc4C(F)(F)F)C(=O)C3)c2)[nH+][nH]c(=O)c1C. The van der Waals surface area contributed by atoms with Crippen LogP contribution in [0.3, 0.4) is 0 Å². The van der Waals surface area contributed by atoms with Crippen molar-refractivity contribution in [2.75, 3.05) is 24.5 Å². The molecule has 188 valence electrons. The van der Waals surface area contributed by atoms with Crippen LogP contribution in [0, 0.1) is 19.7 Å². The Kier molecular flexibility index (Phi) is 6.66. The Morgan fingerprint density at radius 1 is 1.06 bits per heavy atom. The smallest absolute Gasteiger partial charge is 0.327 e. The standard InChI is InChI=1S/C25H22F4N4O3/c1-14-15(2)23(35)31-30-20(14)12-16-7-8-19(26)17(11-16)24(36)32-9-10-33(22(34)13-32)21-6-4-3-5-18(21)25(27,28)29/h3-8,11H,9-10,12-13H2,1-2H3,(H,31,35)/p+1. The molecule has 1 aliphatic heterocycles. The molecule has 0 atom stereocenters. The topological polar surface area (TPSA) is 87.6 Å². The third-order valence-electron chi connectivity index (χ3n) is 6.33. The molecule has 2 amide bonds. The maximum atomic E-state index is 14.6. The Hall–Kier alpha value is -4.02. The lowest BCUT2D eigenvalue weighted by Gasteiger charge is -2.35. The Bertz CT molecular complexity index is 1400. The van der Waals surface area contributed by atoms with Crippen LogP contribution in [0.4, 0.5) is 23.2 Å². The highest BCUT2D eigenvalue weighted by Gasteiger charge is 2.38. The predicted octanol–water partition coefficient (Wildman–Crippen LogP) is 3.04. The van der Waals surface area contributed by atoms with Gasteiger partial charge in [-0.1, -0.05) is 18.2 Å². The van der Waals surface area contributed by atoms with Crippen LogP contribution in [0.1, 0.15) is 38.3 Å². The summed E-state index contributed by atoms with van der Waals surface area (Å²) >= 11 is 0. The molecule has 7 nitrogen and oxygen atoms in total. The van der Waals surface area contributed by atoms with Crippen molar-refractivity contribution in [3.05, 3.63) is 92.1 Å². The first-order valence-electron chi connectivity index (χ1n) is 11.1. The third kappa shape index (κ3) is 4.86. The van der Waals surface area contributed by atoms with Crippen molar-refractivity contribution in [2.24, 2.45) is 0 Å². The lowest BCUT2D eigenvalue weighted by atomic mass is 10.0. The van der Waals surface area contributed by atoms with Crippen LogP contribution in [0.5, 0.6) is 0 Å². The van der Waals surface area contributed by atoms with Gasteiger partial charge in [0, 0.05) is 24.2 Å². The molecule has 0 aliphatic carbocycles. The first kappa shape index (κ1) is 25.1. The van der Waals surface area contributed by atoms with Crippen LogP contribution in [0.15, 0.2) is 47.3 Å². The molecule has 4 rings (SSSR count). The summed E-state index contributed by atoms with van der Waals surface area (Å²) in [5, 5.41) is 5.33. The summed E-state index contributed by atoms with van der Waals surface area (Å²) in [6.45, 7) is 2.74. The molecule has 2 N–H and O–H groups in total. The van der Waals surface area contributed by atoms with E-state index in [-0.39, 0.29) is 36.3 Å². The number of rotatable bonds is 4. The highest BCUT2D eigenvalue weighted by Crippen LogP contribution is 2.37. The third-order valence-corrected chi connectivity index (χ3v) is 6.33. The number of hydrogen-bond donors (Lipinski definition) is 1. The Balaban J connectivity index is 1.54. The van der Waals surface area contributed by atoms with E-state index in [1.807, 2.05) is 0 Å². The van der Waals surface area contributed by atoms with Gasteiger partial charge in [0.2, 0.25) is 11.6 Å². The number of nitrogens with zero attached hydrogens (tertiary/aromatic N) is 2. The summed E-state index contributed by atoms with van der Waals surface area (Å²) in [5.41, 5.74) is 0.817. The molecule has 1 fully saturated rings. The number of alkyl halides is 3. The highest BCUT2D eigenvalue weighted by atomic mass is 19.4. The van der Waals surface area contributed by atoms with Crippen molar-refractivity contribution in [3.63, 3.8) is 0 Å². The van der Waals surface area contributed by atoms with E-state index >= 15 is 0 Å². The van der Waals surface area contributed by atoms with Gasteiger partial charge in [-0.3, -0.25) is 14.4 Å². The Morgan fingerprint density at radius 2 is 1.78 bits per heavy atom. The normalized spacial score (nSPS) is 14.3. The number of aromatic amines is 2. The first-order valence-corrected chi connectivity index (χ1v) is 11.1. The number of anilines is 1. The van der Waals surface area contributed by atoms with Crippen molar-refractivity contribution in [2.45, 2.75) is 26.4 Å². The number of carbonyl (C=O) groups excluding carboxylic acids is 2. The van der Waals surface area contributed by atoms with E-state index in [0.29, 0.717) is 16.8 Å². The zero-order valence-electron chi connectivity index (χ0n) is 19.5. The fourth-order valence-electron chi connectivity index (χ4n) is 4.16. The summed E-state index contributed by atoms with van der Waals surface area (Å²) in [6, 6.07) is 8.77. The summed E-state index contributed by atoms with van der Waals surface area (Å²) in [6.07, 6.45) is -4.36. The molecular weight excluding hydrogens is 480 g/mol. The van der Waals surface area contributed by atoms with Crippen LogP contribution >= 0.6 is 0 Å². The molecular formula is C25H23F4N4O3+. The van der Waals surface area contributed by atoms with Crippen LogP contribution in [0.2, 0.25) is 0 Å². The summed E-state index contributed by atoms with van der Waals surface area (Å²) < 4.78 is 54.8. The lowest BCUT2D eigenvalue weighted by molar-refractivity contribution is -0.467. The largest absolute Gasteiger partial charge is 0.418 e. The van der Waals surface area contributed by atoms with Crippen LogP contribution in [0.25, 0.3) is 0 Å². The maximum Gasteiger partial charge on any atom is 0.418 e. The number of amides is 2.